The number of amides is 1. The Balaban J connectivity index is 2.05. The van der Waals surface area contributed by atoms with Gasteiger partial charge in [0.25, 0.3) is 5.91 Å². The summed E-state index contributed by atoms with van der Waals surface area (Å²) in [4.78, 5) is 24.0. The highest BCUT2D eigenvalue weighted by atomic mass is 35.5. The summed E-state index contributed by atoms with van der Waals surface area (Å²) in [6, 6.07) is 9.98. The van der Waals surface area contributed by atoms with E-state index >= 15 is 0 Å². The molecule has 2 aromatic carbocycles. The molecule has 0 bridgehead atoms. The fraction of sp³-hybridized carbons (Fsp3) is 0.125. The molecule has 1 amide bonds. The van der Waals surface area contributed by atoms with Crippen LogP contribution in [0.3, 0.4) is 0 Å². The minimum absolute atomic E-state index is 0.00110. The van der Waals surface area contributed by atoms with Crippen molar-refractivity contribution in [3.63, 3.8) is 0 Å². The number of rotatable bonds is 4. The van der Waals surface area contributed by atoms with E-state index in [1.165, 1.54) is 43.3 Å². The summed E-state index contributed by atoms with van der Waals surface area (Å²) in [5, 5.41) is 2.81. The number of esters is 1. The van der Waals surface area contributed by atoms with E-state index in [1.54, 1.807) is 6.07 Å². The molecule has 0 fully saturated rings. The predicted octanol–water partition coefficient (Wildman–Crippen LogP) is 4.32. The molecule has 0 aromatic heterocycles. The largest absolute Gasteiger partial charge is 0.449 e. The zero-order valence-electron chi connectivity index (χ0n) is 12.0. The molecule has 0 aliphatic heterocycles. The zero-order valence-corrected chi connectivity index (χ0v) is 13.5. The van der Waals surface area contributed by atoms with Gasteiger partial charge in [-0.05, 0) is 37.3 Å². The molecule has 0 heterocycles. The molecule has 0 saturated carbocycles. The predicted molar refractivity (Wildman–Crippen MR) is 86.4 cm³/mol. The van der Waals surface area contributed by atoms with E-state index in [-0.39, 0.29) is 16.3 Å². The average Bonchev–Trinajstić information content (AvgIpc) is 2.51. The summed E-state index contributed by atoms with van der Waals surface area (Å²) in [5.41, 5.74) is 0.0471. The smallest absolute Gasteiger partial charge is 0.340 e. The van der Waals surface area contributed by atoms with Crippen molar-refractivity contribution in [3.05, 3.63) is 63.9 Å². The maximum Gasteiger partial charge on any atom is 0.340 e. The van der Waals surface area contributed by atoms with E-state index in [0.717, 1.165) is 0 Å². The topological polar surface area (TPSA) is 55.4 Å². The molecule has 0 unspecified atom stereocenters. The molecule has 1 atom stereocenters. The van der Waals surface area contributed by atoms with Crippen LogP contribution in [0.25, 0.3) is 0 Å². The Hall–Kier alpha value is -2.11. The van der Waals surface area contributed by atoms with Crippen molar-refractivity contribution in [2.24, 2.45) is 0 Å². The Labute approximate surface area is 142 Å². The van der Waals surface area contributed by atoms with E-state index in [0.29, 0.717) is 5.02 Å². The van der Waals surface area contributed by atoms with Crippen LogP contribution in [-0.4, -0.2) is 18.0 Å². The highest BCUT2D eigenvalue weighted by molar-refractivity contribution is 6.35. The lowest BCUT2D eigenvalue weighted by Gasteiger charge is -2.14. The van der Waals surface area contributed by atoms with Crippen LogP contribution in [0.5, 0.6) is 0 Å². The van der Waals surface area contributed by atoms with Crippen LogP contribution in [0.1, 0.15) is 17.3 Å². The van der Waals surface area contributed by atoms with Gasteiger partial charge in [0.1, 0.15) is 5.82 Å². The maximum absolute atomic E-state index is 13.5. The van der Waals surface area contributed by atoms with Gasteiger partial charge in [-0.1, -0.05) is 35.3 Å². The molecule has 0 spiro atoms. The van der Waals surface area contributed by atoms with Crippen molar-refractivity contribution < 1.29 is 18.7 Å². The molecule has 0 aliphatic rings. The van der Waals surface area contributed by atoms with E-state index in [1.807, 2.05) is 0 Å². The van der Waals surface area contributed by atoms with Gasteiger partial charge in [-0.15, -0.1) is 0 Å². The summed E-state index contributed by atoms with van der Waals surface area (Å²) < 4.78 is 18.5. The SMILES string of the molecule is C[C@@H](OC(=O)c1cc(Cl)ccc1Cl)C(=O)Nc1ccccc1F. The van der Waals surface area contributed by atoms with Crippen molar-refractivity contribution >= 4 is 40.8 Å². The molecule has 0 saturated heterocycles. The van der Waals surface area contributed by atoms with Crippen molar-refractivity contribution in [3.8, 4) is 0 Å². The van der Waals surface area contributed by atoms with Gasteiger partial charge in [0.15, 0.2) is 6.10 Å². The molecule has 2 aromatic rings. The Morgan fingerprint density at radius 1 is 1.17 bits per heavy atom. The number of halogens is 3. The highest BCUT2D eigenvalue weighted by Gasteiger charge is 2.21. The van der Waals surface area contributed by atoms with Gasteiger partial charge in [-0.3, -0.25) is 4.79 Å². The summed E-state index contributed by atoms with van der Waals surface area (Å²) in [6.07, 6.45) is -1.14. The third-order valence-electron chi connectivity index (χ3n) is 2.93. The number of para-hydroxylation sites is 1. The van der Waals surface area contributed by atoms with Crippen LogP contribution in [0.4, 0.5) is 10.1 Å². The lowest BCUT2D eigenvalue weighted by molar-refractivity contribution is -0.123. The zero-order chi connectivity index (χ0) is 17.0. The monoisotopic (exact) mass is 355 g/mol. The minimum Gasteiger partial charge on any atom is -0.449 e. The third kappa shape index (κ3) is 4.43. The number of anilines is 1. The average molecular weight is 356 g/mol. The first-order chi connectivity index (χ1) is 10.9. The fourth-order valence-corrected chi connectivity index (χ4v) is 2.10. The van der Waals surface area contributed by atoms with E-state index < -0.39 is 23.8 Å². The van der Waals surface area contributed by atoms with Crippen LogP contribution in [-0.2, 0) is 9.53 Å². The van der Waals surface area contributed by atoms with Crippen LogP contribution in [0.2, 0.25) is 10.0 Å². The van der Waals surface area contributed by atoms with E-state index in [9.17, 15) is 14.0 Å². The molecule has 0 aliphatic carbocycles. The van der Waals surface area contributed by atoms with Gasteiger partial charge in [0, 0.05) is 5.02 Å². The molecule has 1 N–H and O–H groups in total. The Morgan fingerprint density at radius 2 is 1.87 bits per heavy atom. The number of benzene rings is 2. The standard InChI is InChI=1S/C16H12Cl2FNO3/c1-9(15(21)20-14-5-3-2-4-13(14)19)23-16(22)11-8-10(17)6-7-12(11)18/h2-9H,1H3,(H,20,21)/t9-/m1/s1. The highest BCUT2D eigenvalue weighted by Crippen LogP contribution is 2.22. The lowest BCUT2D eigenvalue weighted by atomic mass is 10.2. The third-order valence-corrected chi connectivity index (χ3v) is 3.50. The summed E-state index contributed by atoms with van der Waals surface area (Å²) >= 11 is 11.7. The Kier molecular flexibility index (Phi) is 5.58. The number of ether oxygens (including phenoxy) is 1. The number of hydrogen-bond donors (Lipinski definition) is 1. The number of nitrogens with one attached hydrogen (secondary N) is 1. The maximum atomic E-state index is 13.5. The molecule has 0 radical (unpaired) electrons. The number of carbonyl (C=O) groups excluding carboxylic acids is 2. The first-order valence-electron chi connectivity index (χ1n) is 6.60. The Morgan fingerprint density at radius 3 is 2.57 bits per heavy atom. The molecular formula is C16H12Cl2FNO3. The quantitative estimate of drug-likeness (QED) is 0.831. The summed E-state index contributed by atoms with van der Waals surface area (Å²) in [5.74, 6) is -2.05. The molecule has 120 valence electrons. The van der Waals surface area contributed by atoms with Gasteiger partial charge in [-0.2, -0.15) is 0 Å². The second-order valence-electron chi connectivity index (χ2n) is 4.64. The van der Waals surface area contributed by atoms with Crippen molar-refractivity contribution in [1.82, 2.24) is 0 Å². The first kappa shape index (κ1) is 17.2. The molecule has 4 nitrogen and oxygen atoms in total. The van der Waals surface area contributed by atoms with Gasteiger partial charge in [-0.25, -0.2) is 9.18 Å². The second kappa shape index (κ2) is 7.44. The number of carbonyl (C=O) groups is 2. The number of hydrogen-bond acceptors (Lipinski definition) is 3. The molecular weight excluding hydrogens is 344 g/mol. The normalized spacial score (nSPS) is 11.7. The molecule has 2 rings (SSSR count). The Bertz CT molecular complexity index is 752. The molecule has 7 heteroatoms. The van der Waals surface area contributed by atoms with Crippen LogP contribution < -0.4 is 5.32 Å². The van der Waals surface area contributed by atoms with E-state index in [4.69, 9.17) is 27.9 Å². The van der Waals surface area contributed by atoms with Gasteiger partial charge >= 0.3 is 5.97 Å². The van der Waals surface area contributed by atoms with Crippen molar-refractivity contribution in [2.75, 3.05) is 5.32 Å². The van der Waals surface area contributed by atoms with Crippen LogP contribution >= 0.6 is 23.2 Å². The molecule has 23 heavy (non-hydrogen) atoms. The summed E-state index contributed by atoms with van der Waals surface area (Å²) in [7, 11) is 0. The minimum atomic E-state index is -1.14. The summed E-state index contributed by atoms with van der Waals surface area (Å²) in [6.45, 7) is 1.37. The van der Waals surface area contributed by atoms with E-state index in [2.05, 4.69) is 5.32 Å². The van der Waals surface area contributed by atoms with Gasteiger partial charge in [0.2, 0.25) is 0 Å². The van der Waals surface area contributed by atoms with Gasteiger partial charge < -0.3 is 10.1 Å². The second-order valence-corrected chi connectivity index (χ2v) is 5.48. The van der Waals surface area contributed by atoms with Crippen molar-refractivity contribution in [2.45, 2.75) is 13.0 Å². The van der Waals surface area contributed by atoms with Crippen LogP contribution in [0.15, 0.2) is 42.5 Å². The van der Waals surface area contributed by atoms with Gasteiger partial charge in [0.05, 0.1) is 16.3 Å². The first-order valence-corrected chi connectivity index (χ1v) is 7.35. The fourth-order valence-electron chi connectivity index (χ4n) is 1.73. The van der Waals surface area contributed by atoms with Crippen molar-refractivity contribution in [1.29, 1.82) is 0 Å². The lowest BCUT2D eigenvalue weighted by Crippen LogP contribution is -2.30. The van der Waals surface area contributed by atoms with Crippen LogP contribution in [0, 0.1) is 5.82 Å².